The molecule has 0 atom stereocenters. The van der Waals surface area contributed by atoms with E-state index in [9.17, 15) is 4.79 Å². The van der Waals surface area contributed by atoms with E-state index in [1.165, 1.54) is 23.3 Å². The number of nitrogens with zero attached hydrogens (tertiary/aromatic N) is 4. The fourth-order valence-corrected chi connectivity index (χ4v) is 5.09. The van der Waals surface area contributed by atoms with Gasteiger partial charge in [0.1, 0.15) is 33.0 Å². The molecule has 0 radical (unpaired) electrons. The molecule has 1 aliphatic heterocycles. The second kappa shape index (κ2) is 8.45. The van der Waals surface area contributed by atoms with Gasteiger partial charge in [-0.2, -0.15) is 4.37 Å². The first-order chi connectivity index (χ1) is 13.7. The number of carbonyl (C=O) groups excluding carboxylic acids is 1. The lowest BCUT2D eigenvalue weighted by Gasteiger charge is -2.30. The molecule has 1 saturated heterocycles. The molecular formula is C20H22N4O2S2. The highest BCUT2D eigenvalue weighted by atomic mass is 32.2. The Balaban J connectivity index is 1.51. The van der Waals surface area contributed by atoms with Crippen molar-refractivity contribution in [2.24, 2.45) is 5.92 Å². The van der Waals surface area contributed by atoms with Gasteiger partial charge in [0.15, 0.2) is 0 Å². The van der Waals surface area contributed by atoms with Gasteiger partial charge in [-0.25, -0.2) is 9.97 Å². The topological polar surface area (TPSA) is 68.2 Å². The minimum atomic E-state index is 0.184. The Morgan fingerprint density at radius 1 is 1.25 bits per heavy atom. The number of piperidine rings is 1. The minimum Gasteiger partial charge on any atom is -0.497 e. The van der Waals surface area contributed by atoms with Crippen molar-refractivity contribution in [1.82, 2.24) is 19.2 Å². The molecule has 3 aromatic rings. The SMILES string of the molecule is COc1ccc(-c2nsc3c(SCC(=O)N4CCC(C)CC4)ncnc23)cc1. The molecule has 3 heterocycles. The second-order valence-electron chi connectivity index (χ2n) is 6.97. The van der Waals surface area contributed by atoms with E-state index in [-0.39, 0.29) is 5.91 Å². The number of aromatic nitrogens is 3. The van der Waals surface area contributed by atoms with E-state index in [1.807, 2.05) is 29.2 Å². The summed E-state index contributed by atoms with van der Waals surface area (Å²) in [5.74, 6) is 2.10. The van der Waals surface area contributed by atoms with Crippen LogP contribution in [0, 0.1) is 5.92 Å². The molecule has 146 valence electrons. The Labute approximate surface area is 172 Å². The van der Waals surface area contributed by atoms with Gasteiger partial charge in [-0.05, 0) is 54.6 Å². The van der Waals surface area contributed by atoms with Crippen molar-refractivity contribution in [3.05, 3.63) is 30.6 Å². The quantitative estimate of drug-likeness (QED) is 0.462. The van der Waals surface area contributed by atoms with Crippen LogP contribution < -0.4 is 4.74 Å². The zero-order chi connectivity index (χ0) is 19.5. The number of benzene rings is 1. The molecule has 0 N–H and O–H groups in total. The van der Waals surface area contributed by atoms with E-state index in [2.05, 4.69) is 21.3 Å². The van der Waals surface area contributed by atoms with Crippen LogP contribution in [0.5, 0.6) is 5.75 Å². The van der Waals surface area contributed by atoms with Crippen LogP contribution in [0.15, 0.2) is 35.6 Å². The molecular weight excluding hydrogens is 392 g/mol. The van der Waals surface area contributed by atoms with Gasteiger partial charge in [-0.15, -0.1) is 0 Å². The van der Waals surface area contributed by atoms with Crippen LogP contribution in [0.2, 0.25) is 0 Å². The second-order valence-corrected chi connectivity index (χ2v) is 8.71. The van der Waals surface area contributed by atoms with E-state index in [0.717, 1.165) is 58.2 Å². The largest absolute Gasteiger partial charge is 0.497 e. The van der Waals surface area contributed by atoms with Gasteiger partial charge in [-0.1, -0.05) is 18.7 Å². The summed E-state index contributed by atoms with van der Waals surface area (Å²) in [6, 6.07) is 7.78. The van der Waals surface area contributed by atoms with Crippen molar-refractivity contribution in [1.29, 1.82) is 0 Å². The van der Waals surface area contributed by atoms with Crippen LogP contribution in [-0.2, 0) is 4.79 Å². The highest BCUT2D eigenvalue weighted by Crippen LogP contribution is 2.35. The van der Waals surface area contributed by atoms with Crippen molar-refractivity contribution in [2.75, 3.05) is 26.0 Å². The molecule has 0 saturated carbocycles. The van der Waals surface area contributed by atoms with Crippen molar-refractivity contribution in [3.63, 3.8) is 0 Å². The third kappa shape index (κ3) is 3.98. The molecule has 0 spiro atoms. The minimum absolute atomic E-state index is 0.184. The van der Waals surface area contributed by atoms with E-state index in [0.29, 0.717) is 11.7 Å². The van der Waals surface area contributed by atoms with Crippen LogP contribution in [-0.4, -0.2) is 51.1 Å². The zero-order valence-corrected chi connectivity index (χ0v) is 17.6. The van der Waals surface area contributed by atoms with E-state index in [4.69, 9.17) is 4.74 Å². The number of hydrogen-bond donors (Lipinski definition) is 0. The lowest BCUT2D eigenvalue weighted by molar-refractivity contribution is -0.129. The number of ether oxygens (including phenoxy) is 1. The molecule has 28 heavy (non-hydrogen) atoms. The van der Waals surface area contributed by atoms with Crippen LogP contribution >= 0.6 is 23.3 Å². The summed E-state index contributed by atoms with van der Waals surface area (Å²) in [7, 11) is 1.65. The molecule has 1 amide bonds. The fourth-order valence-electron chi connectivity index (χ4n) is 3.26. The van der Waals surface area contributed by atoms with Crippen LogP contribution in [0.25, 0.3) is 21.5 Å². The van der Waals surface area contributed by atoms with Crippen molar-refractivity contribution < 1.29 is 9.53 Å². The van der Waals surface area contributed by atoms with Crippen LogP contribution in [0.4, 0.5) is 0 Å². The normalized spacial score (nSPS) is 15.1. The van der Waals surface area contributed by atoms with Gasteiger partial charge in [0, 0.05) is 18.7 Å². The highest BCUT2D eigenvalue weighted by Gasteiger charge is 2.21. The van der Waals surface area contributed by atoms with Gasteiger partial charge in [0.05, 0.1) is 12.9 Å². The number of hydrogen-bond acceptors (Lipinski definition) is 7. The summed E-state index contributed by atoms with van der Waals surface area (Å²) in [5.41, 5.74) is 2.65. The maximum Gasteiger partial charge on any atom is 0.232 e. The average molecular weight is 415 g/mol. The lowest BCUT2D eigenvalue weighted by Crippen LogP contribution is -2.38. The predicted molar refractivity (Wildman–Crippen MR) is 113 cm³/mol. The first-order valence-corrected chi connectivity index (χ1v) is 11.1. The molecule has 1 aromatic carbocycles. The maximum atomic E-state index is 12.5. The molecule has 4 rings (SSSR count). The molecule has 2 aromatic heterocycles. The van der Waals surface area contributed by atoms with Crippen molar-refractivity contribution in [3.8, 4) is 17.0 Å². The molecule has 0 aliphatic carbocycles. The smallest absolute Gasteiger partial charge is 0.232 e. The molecule has 6 nitrogen and oxygen atoms in total. The number of rotatable bonds is 5. The maximum absolute atomic E-state index is 12.5. The van der Waals surface area contributed by atoms with E-state index in [1.54, 1.807) is 13.4 Å². The molecule has 8 heteroatoms. The summed E-state index contributed by atoms with van der Waals surface area (Å²) in [5, 5.41) is 0.820. The predicted octanol–water partition coefficient (Wildman–Crippen LogP) is 4.11. The van der Waals surface area contributed by atoms with Gasteiger partial charge in [-0.3, -0.25) is 4.79 Å². The van der Waals surface area contributed by atoms with Gasteiger partial charge >= 0.3 is 0 Å². The standard InChI is InChI=1S/C20H22N4O2S2/c1-13-7-9-24(10-8-13)16(25)11-27-20-19-18(21-12-22-20)17(23-28-19)14-3-5-15(26-2)6-4-14/h3-6,12-13H,7-11H2,1-2H3. The Bertz CT molecular complexity index is 966. The van der Waals surface area contributed by atoms with Gasteiger partial charge < -0.3 is 9.64 Å². The van der Waals surface area contributed by atoms with Crippen LogP contribution in [0.1, 0.15) is 19.8 Å². The van der Waals surface area contributed by atoms with Crippen LogP contribution in [0.3, 0.4) is 0 Å². The molecule has 0 bridgehead atoms. The first kappa shape index (κ1) is 19.1. The number of amides is 1. The third-order valence-electron chi connectivity index (χ3n) is 5.06. The summed E-state index contributed by atoms with van der Waals surface area (Å²) >= 11 is 2.86. The number of thioether (sulfide) groups is 1. The average Bonchev–Trinajstić information content (AvgIpc) is 3.17. The summed E-state index contributed by atoms with van der Waals surface area (Å²) < 4.78 is 10.7. The number of fused-ring (bicyclic) bond motifs is 1. The first-order valence-electron chi connectivity index (χ1n) is 9.31. The number of carbonyl (C=O) groups is 1. The Morgan fingerprint density at radius 3 is 2.71 bits per heavy atom. The van der Waals surface area contributed by atoms with Gasteiger partial charge in [0.25, 0.3) is 0 Å². The third-order valence-corrected chi connectivity index (χ3v) is 7.00. The lowest BCUT2D eigenvalue weighted by atomic mass is 9.99. The number of likely N-dealkylation sites (tertiary alicyclic amines) is 1. The Hall–Kier alpha value is -2.19. The monoisotopic (exact) mass is 414 g/mol. The molecule has 1 aliphatic rings. The molecule has 1 fully saturated rings. The Morgan fingerprint density at radius 2 is 2.00 bits per heavy atom. The van der Waals surface area contributed by atoms with Gasteiger partial charge in [0.2, 0.25) is 5.91 Å². The van der Waals surface area contributed by atoms with E-state index >= 15 is 0 Å². The number of methoxy groups -OCH3 is 1. The summed E-state index contributed by atoms with van der Waals surface area (Å²) in [4.78, 5) is 23.4. The van der Waals surface area contributed by atoms with Crippen molar-refractivity contribution in [2.45, 2.75) is 24.8 Å². The van der Waals surface area contributed by atoms with Crippen molar-refractivity contribution >= 4 is 39.4 Å². The fraction of sp³-hybridized carbons (Fsp3) is 0.400. The summed E-state index contributed by atoms with van der Waals surface area (Å²) in [6.07, 6.45) is 3.74. The highest BCUT2D eigenvalue weighted by molar-refractivity contribution is 8.00. The summed E-state index contributed by atoms with van der Waals surface area (Å²) in [6.45, 7) is 3.97. The Kier molecular flexibility index (Phi) is 5.77. The molecule has 0 unspecified atom stereocenters. The van der Waals surface area contributed by atoms with E-state index < -0.39 is 0 Å². The zero-order valence-electron chi connectivity index (χ0n) is 15.9.